The van der Waals surface area contributed by atoms with Crippen LogP contribution < -0.4 is 4.74 Å². The molecule has 0 aromatic heterocycles. The van der Waals surface area contributed by atoms with Crippen molar-refractivity contribution in [1.29, 1.82) is 0 Å². The number of hydrogen-bond donors (Lipinski definition) is 0. The van der Waals surface area contributed by atoms with Gasteiger partial charge in [-0.3, -0.25) is 4.79 Å². The molecule has 132 valence electrons. The van der Waals surface area contributed by atoms with Gasteiger partial charge in [0.1, 0.15) is 11.0 Å². The highest BCUT2D eigenvalue weighted by atomic mass is 35.5. The van der Waals surface area contributed by atoms with Gasteiger partial charge in [0.25, 0.3) is 5.91 Å². The predicted octanol–water partition coefficient (Wildman–Crippen LogP) is 3.30. The van der Waals surface area contributed by atoms with Crippen LogP contribution in [0.2, 0.25) is 10.0 Å². The molecule has 1 aliphatic heterocycles. The van der Waals surface area contributed by atoms with Crippen molar-refractivity contribution < 1.29 is 17.9 Å². The van der Waals surface area contributed by atoms with Crippen LogP contribution in [0.4, 0.5) is 0 Å². The summed E-state index contributed by atoms with van der Waals surface area (Å²) in [5.74, 6) is 0.0975. The normalized spacial score (nSPS) is 14.9. The maximum Gasteiger partial charge on any atom is 0.257 e. The van der Waals surface area contributed by atoms with Gasteiger partial charge in [-0.05, 0) is 42.5 Å². The number of carbonyl (C=O) groups is 1. The molecule has 0 atom stereocenters. The number of ether oxygens (including phenoxy) is 1. The maximum absolute atomic E-state index is 12.6. The first kappa shape index (κ1) is 18.0. The van der Waals surface area contributed by atoms with Crippen molar-refractivity contribution in [3.05, 3.63) is 58.1 Å². The number of nitrogens with zero attached hydrogens (tertiary/aromatic N) is 1. The third-order valence-corrected chi connectivity index (χ3v) is 6.70. The Hall–Kier alpha value is -1.76. The molecular formula is C17H15Cl2NO4S. The Morgan fingerprint density at radius 2 is 1.68 bits per heavy atom. The molecule has 0 saturated carbocycles. The van der Waals surface area contributed by atoms with Gasteiger partial charge in [0.2, 0.25) is 0 Å². The maximum atomic E-state index is 12.6. The summed E-state index contributed by atoms with van der Waals surface area (Å²) in [6, 6.07) is 10.8. The van der Waals surface area contributed by atoms with Crippen molar-refractivity contribution in [2.75, 3.05) is 20.2 Å². The van der Waals surface area contributed by atoms with Gasteiger partial charge >= 0.3 is 0 Å². The van der Waals surface area contributed by atoms with E-state index in [4.69, 9.17) is 27.9 Å². The van der Waals surface area contributed by atoms with Gasteiger partial charge in [-0.2, -0.15) is 0 Å². The topological polar surface area (TPSA) is 63.7 Å². The summed E-state index contributed by atoms with van der Waals surface area (Å²) in [7, 11) is -2.04. The van der Waals surface area contributed by atoms with E-state index in [9.17, 15) is 13.2 Å². The van der Waals surface area contributed by atoms with Crippen molar-refractivity contribution in [1.82, 2.24) is 4.90 Å². The lowest BCUT2D eigenvalue weighted by Gasteiger charge is -2.38. The molecule has 1 aliphatic rings. The second-order valence-corrected chi connectivity index (χ2v) is 8.78. The fourth-order valence-corrected chi connectivity index (χ4v) is 4.59. The van der Waals surface area contributed by atoms with Crippen molar-refractivity contribution in [3.8, 4) is 5.75 Å². The van der Waals surface area contributed by atoms with Crippen LogP contribution in [0, 0.1) is 0 Å². The summed E-state index contributed by atoms with van der Waals surface area (Å²) in [5.41, 5.74) is 0.317. The Bertz CT molecular complexity index is 907. The van der Waals surface area contributed by atoms with E-state index in [-0.39, 0.29) is 23.9 Å². The average molecular weight is 400 g/mol. The highest BCUT2D eigenvalue weighted by molar-refractivity contribution is 7.92. The molecule has 0 spiro atoms. The van der Waals surface area contributed by atoms with Crippen LogP contribution in [0.15, 0.2) is 47.4 Å². The smallest absolute Gasteiger partial charge is 0.257 e. The first-order valence-corrected chi connectivity index (χ1v) is 9.75. The third-order valence-electron chi connectivity index (χ3n) is 4.11. The average Bonchev–Trinajstić information content (AvgIpc) is 2.53. The van der Waals surface area contributed by atoms with Crippen LogP contribution in [0.25, 0.3) is 0 Å². The summed E-state index contributed by atoms with van der Waals surface area (Å²) in [5, 5.41) is 0.246. The van der Waals surface area contributed by atoms with Crippen LogP contribution in [-0.2, 0) is 9.84 Å². The zero-order chi connectivity index (χ0) is 18.2. The van der Waals surface area contributed by atoms with Crippen LogP contribution >= 0.6 is 23.2 Å². The summed E-state index contributed by atoms with van der Waals surface area (Å²) < 4.78 is 30.3. The molecule has 1 fully saturated rings. The van der Waals surface area contributed by atoms with E-state index in [0.29, 0.717) is 21.4 Å². The standard InChI is InChI=1S/C17H15Cl2NO4S/c1-24-16-7-4-12(19)8-15(16)17(21)20-9-14(10-20)25(22,23)13-5-2-11(18)3-6-13/h2-8,14H,9-10H2,1H3. The summed E-state index contributed by atoms with van der Waals surface area (Å²) >= 11 is 11.7. The van der Waals surface area contributed by atoms with Gasteiger partial charge in [-0.15, -0.1) is 0 Å². The molecule has 2 aromatic carbocycles. The fraction of sp³-hybridized carbons (Fsp3) is 0.235. The van der Waals surface area contributed by atoms with E-state index in [0.717, 1.165) is 0 Å². The van der Waals surface area contributed by atoms with Crippen LogP contribution in [0.3, 0.4) is 0 Å². The Morgan fingerprint density at radius 1 is 1.08 bits per heavy atom. The summed E-state index contributed by atoms with van der Waals surface area (Å²) in [6.45, 7) is 0.249. The number of halogens is 2. The lowest BCUT2D eigenvalue weighted by molar-refractivity contribution is 0.0655. The molecule has 25 heavy (non-hydrogen) atoms. The van der Waals surface area contributed by atoms with Gasteiger partial charge in [0.05, 0.1) is 17.6 Å². The van der Waals surface area contributed by atoms with E-state index in [1.54, 1.807) is 12.1 Å². The number of likely N-dealkylation sites (tertiary alicyclic amines) is 1. The molecule has 2 aromatic rings. The number of hydrogen-bond acceptors (Lipinski definition) is 4. The number of benzene rings is 2. The van der Waals surface area contributed by atoms with Crippen LogP contribution in [0.5, 0.6) is 5.75 Å². The number of sulfone groups is 1. The van der Waals surface area contributed by atoms with Crippen molar-refractivity contribution in [3.63, 3.8) is 0 Å². The van der Waals surface area contributed by atoms with Gasteiger partial charge in [-0.1, -0.05) is 23.2 Å². The minimum Gasteiger partial charge on any atom is -0.496 e. The minimum absolute atomic E-state index is 0.124. The fourth-order valence-electron chi connectivity index (χ4n) is 2.63. The first-order chi connectivity index (χ1) is 11.8. The number of amides is 1. The largest absolute Gasteiger partial charge is 0.496 e. The Balaban J connectivity index is 1.75. The molecule has 0 aliphatic carbocycles. The highest BCUT2D eigenvalue weighted by Gasteiger charge is 2.41. The SMILES string of the molecule is COc1ccc(Cl)cc1C(=O)N1CC(S(=O)(=O)c2ccc(Cl)cc2)C1. The Morgan fingerprint density at radius 3 is 2.28 bits per heavy atom. The lowest BCUT2D eigenvalue weighted by Crippen LogP contribution is -2.56. The molecule has 8 heteroatoms. The van der Waals surface area contributed by atoms with Gasteiger partial charge < -0.3 is 9.64 Å². The van der Waals surface area contributed by atoms with Crippen molar-refractivity contribution in [2.45, 2.75) is 10.1 Å². The Labute approximate surface area is 156 Å². The Kier molecular flexibility index (Phi) is 4.95. The molecule has 1 heterocycles. The quantitative estimate of drug-likeness (QED) is 0.790. The lowest BCUT2D eigenvalue weighted by atomic mass is 10.1. The second kappa shape index (κ2) is 6.86. The monoisotopic (exact) mass is 399 g/mol. The predicted molar refractivity (Wildman–Crippen MR) is 96.3 cm³/mol. The van der Waals surface area contributed by atoms with Crippen molar-refractivity contribution in [2.24, 2.45) is 0 Å². The first-order valence-electron chi connectivity index (χ1n) is 7.45. The zero-order valence-corrected chi connectivity index (χ0v) is 15.6. The summed E-state index contributed by atoms with van der Waals surface area (Å²) in [4.78, 5) is 14.3. The van der Waals surface area contributed by atoms with E-state index < -0.39 is 15.1 Å². The van der Waals surface area contributed by atoms with Gasteiger partial charge in [0.15, 0.2) is 9.84 Å². The van der Waals surface area contributed by atoms with E-state index in [1.807, 2.05) is 0 Å². The van der Waals surface area contributed by atoms with E-state index >= 15 is 0 Å². The van der Waals surface area contributed by atoms with E-state index in [2.05, 4.69) is 0 Å². The highest BCUT2D eigenvalue weighted by Crippen LogP contribution is 2.29. The second-order valence-electron chi connectivity index (χ2n) is 5.68. The number of methoxy groups -OCH3 is 1. The molecule has 1 saturated heterocycles. The summed E-state index contributed by atoms with van der Waals surface area (Å²) in [6.07, 6.45) is 0. The molecule has 3 rings (SSSR count). The number of carbonyl (C=O) groups excluding carboxylic acids is 1. The van der Waals surface area contributed by atoms with Crippen LogP contribution in [-0.4, -0.2) is 44.7 Å². The van der Waals surface area contributed by atoms with Crippen LogP contribution in [0.1, 0.15) is 10.4 Å². The zero-order valence-electron chi connectivity index (χ0n) is 13.3. The van der Waals surface area contributed by atoms with E-state index in [1.165, 1.54) is 42.3 Å². The number of rotatable bonds is 4. The molecule has 5 nitrogen and oxygen atoms in total. The minimum atomic E-state index is -3.50. The van der Waals surface area contributed by atoms with Crippen molar-refractivity contribution >= 4 is 38.9 Å². The molecule has 0 unspecified atom stereocenters. The third kappa shape index (κ3) is 3.47. The molecule has 0 N–H and O–H groups in total. The molecular weight excluding hydrogens is 385 g/mol. The van der Waals surface area contributed by atoms with Gasteiger partial charge in [-0.25, -0.2) is 8.42 Å². The molecule has 0 radical (unpaired) electrons. The molecule has 0 bridgehead atoms. The van der Waals surface area contributed by atoms with Gasteiger partial charge in [0, 0.05) is 23.1 Å². The molecule has 1 amide bonds.